The van der Waals surface area contributed by atoms with Gasteiger partial charge in [0, 0.05) is 42.0 Å². The molecule has 0 unspecified atom stereocenters. The largest absolute Gasteiger partial charge is 0.492 e. The van der Waals surface area contributed by atoms with Gasteiger partial charge < -0.3 is 20.5 Å². The van der Waals surface area contributed by atoms with Crippen LogP contribution in [-0.2, 0) is 9.53 Å². The molecule has 0 aliphatic carbocycles. The van der Waals surface area contributed by atoms with Crippen LogP contribution < -0.4 is 15.8 Å². The average molecular weight is 502 g/mol. The van der Waals surface area contributed by atoms with E-state index in [4.69, 9.17) is 20.6 Å². The molecule has 1 amide bonds. The molecule has 3 aromatic rings. The quantitative estimate of drug-likeness (QED) is 0.302. The predicted octanol–water partition coefficient (Wildman–Crippen LogP) is 3.48. The van der Waals surface area contributed by atoms with E-state index in [-0.39, 0.29) is 23.0 Å². The second-order valence-corrected chi connectivity index (χ2v) is 8.98. The maximum Gasteiger partial charge on any atom is 0.255 e. The number of hydrogen-bond donors (Lipinski definition) is 3. The molecule has 192 valence electrons. The van der Waals surface area contributed by atoms with Crippen LogP contribution in [0.5, 0.6) is 5.75 Å². The lowest BCUT2D eigenvalue weighted by atomic mass is 10.0. The van der Waals surface area contributed by atoms with Gasteiger partial charge in [0.1, 0.15) is 23.9 Å². The summed E-state index contributed by atoms with van der Waals surface area (Å²) in [5.74, 6) is 0.506. The molecular formula is C28H31N5O4. The van der Waals surface area contributed by atoms with Crippen LogP contribution in [0.15, 0.2) is 48.5 Å². The fraction of sp³-hybridized carbons (Fsp3) is 0.286. The van der Waals surface area contributed by atoms with Crippen LogP contribution in [0.25, 0.3) is 11.3 Å². The van der Waals surface area contributed by atoms with Gasteiger partial charge in [-0.05, 0) is 67.4 Å². The molecule has 0 saturated carbocycles. The zero-order chi connectivity index (χ0) is 26.4. The summed E-state index contributed by atoms with van der Waals surface area (Å²) in [5, 5.41) is 10.6. The first kappa shape index (κ1) is 26.0. The third-order valence-corrected chi connectivity index (χ3v) is 6.20. The van der Waals surface area contributed by atoms with E-state index in [0.29, 0.717) is 35.6 Å². The molecule has 9 nitrogen and oxygen atoms in total. The van der Waals surface area contributed by atoms with E-state index in [1.807, 2.05) is 44.2 Å². The molecule has 0 bridgehead atoms. The number of nitrogens with zero attached hydrogens (tertiary/aromatic N) is 2. The van der Waals surface area contributed by atoms with Gasteiger partial charge in [-0.15, -0.1) is 0 Å². The highest BCUT2D eigenvalue weighted by Crippen LogP contribution is 2.27. The molecule has 9 heteroatoms. The normalized spacial score (nSPS) is 13.7. The fourth-order valence-corrected chi connectivity index (χ4v) is 4.17. The first-order valence-corrected chi connectivity index (χ1v) is 12.1. The van der Waals surface area contributed by atoms with Crippen molar-refractivity contribution in [2.75, 3.05) is 50.5 Å². The lowest BCUT2D eigenvalue weighted by molar-refractivity contribution is -0.102. The smallest absolute Gasteiger partial charge is 0.255 e. The van der Waals surface area contributed by atoms with E-state index in [1.165, 1.54) is 0 Å². The van der Waals surface area contributed by atoms with E-state index < -0.39 is 0 Å². The molecular weight excluding hydrogens is 470 g/mol. The van der Waals surface area contributed by atoms with E-state index in [0.717, 1.165) is 49.5 Å². The fourth-order valence-electron chi connectivity index (χ4n) is 4.17. The van der Waals surface area contributed by atoms with Crippen LogP contribution in [0.2, 0.25) is 0 Å². The zero-order valence-corrected chi connectivity index (χ0v) is 21.0. The Bertz CT molecular complexity index is 1320. The molecule has 1 aliphatic rings. The van der Waals surface area contributed by atoms with Crippen LogP contribution in [0.1, 0.15) is 27.0 Å². The summed E-state index contributed by atoms with van der Waals surface area (Å²) in [7, 11) is 0. The van der Waals surface area contributed by atoms with Crippen LogP contribution in [0.4, 0.5) is 11.5 Å². The van der Waals surface area contributed by atoms with Gasteiger partial charge in [0.2, 0.25) is 0 Å². The van der Waals surface area contributed by atoms with E-state index in [9.17, 15) is 9.59 Å². The van der Waals surface area contributed by atoms with E-state index >= 15 is 0 Å². The van der Waals surface area contributed by atoms with Gasteiger partial charge in [0.15, 0.2) is 6.29 Å². The van der Waals surface area contributed by atoms with Crippen molar-refractivity contribution in [3.05, 3.63) is 70.8 Å². The minimum Gasteiger partial charge on any atom is -0.492 e. The molecule has 2 aromatic carbocycles. The van der Waals surface area contributed by atoms with Gasteiger partial charge in [0.25, 0.3) is 5.91 Å². The molecule has 1 fully saturated rings. The van der Waals surface area contributed by atoms with Crippen LogP contribution in [0.3, 0.4) is 0 Å². The number of carbonyl (C=O) groups excluding carboxylic acids is 2. The van der Waals surface area contributed by atoms with Crippen LogP contribution in [0, 0.1) is 19.3 Å². The number of hydrogen-bond acceptors (Lipinski definition) is 8. The van der Waals surface area contributed by atoms with Gasteiger partial charge in [-0.1, -0.05) is 6.07 Å². The first-order valence-electron chi connectivity index (χ1n) is 12.1. The zero-order valence-electron chi connectivity index (χ0n) is 21.0. The number of aromatic nitrogens is 1. The van der Waals surface area contributed by atoms with Crippen molar-refractivity contribution < 1.29 is 19.1 Å². The first-order chi connectivity index (χ1) is 17.8. The monoisotopic (exact) mass is 501 g/mol. The summed E-state index contributed by atoms with van der Waals surface area (Å²) in [6.45, 7) is 8.50. The van der Waals surface area contributed by atoms with E-state index in [1.54, 1.807) is 18.2 Å². The number of anilines is 2. The number of amides is 1. The van der Waals surface area contributed by atoms with Gasteiger partial charge in [-0.25, -0.2) is 4.98 Å². The molecule has 1 aromatic heterocycles. The van der Waals surface area contributed by atoms with Gasteiger partial charge >= 0.3 is 0 Å². The third kappa shape index (κ3) is 6.58. The Morgan fingerprint density at radius 3 is 2.68 bits per heavy atom. The average Bonchev–Trinajstić information content (AvgIpc) is 2.89. The van der Waals surface area contributed by atoms with Crippen molar-refractivity contribution in [1.82, 2.24) is 9.88 Å². The summed E-state index contributed by atoms with van der Waals surface area (Å²) in [6, 6.07) is 14.3. The summed E-state index contributed by atoms with van der Waals surface area (Å²) < 4.78 is 11.3. The number of benzene rings is 2. The number of nitrogens with one attached hydrogen (secondary N) is 2. The molecule has 1 saturated heterocycles. The standard InChI is InChI=1S/C28H31N5O4/c1-18-13-20(15-22(14-18)37-12-9-33-7-10-36-11-8-33)28(35)31-21-4-3-19(2)24(16-21)26-6-5-23(25(29)17-34)27(30)32-26/h3-6,13-17,29H,7-12H2,1-2H3,(H2,30,32)(H,31,35). The summed E-state index contributed by atoms with van der Waals surface area (Å²) in [6.07, 6.45) is 0.431. The number of ether oxygens (including phenoxy) is 2. The highest BCUT2D eigenvalue weighted by Gasteiger charge is 2.14. The number of nitrogens with two attached hydrogens (primary N) is 1. The summed E-state index contributed by atoms with van der Waals surface area (Å²) >= 11 is 0. The Kier molecular flexibility index (Phi) is 8.27. The highest BCUT2D eigenvalue weighted by atomic mass is 16.5. The Morgan fingerprint density at radius 1 is 1.16 bits per heavy atom. The summed E-state index contributed by atoms with van der Waals surface area (Å²) in [4.78, 5) is 30.7. The van der Waals surface area contributed by atoms with E-state index in [2.05, 4.69) is 15.2 Å². The minimum absolute atomic E-state index is 0.101. The van der Waals surface area contributed by atoms with Gasteiger partial charge in [0.05, 0.1) is 18.9 Å². The second kappa shape index (κ2) is 11.8. The van der Waals surface area contributed by atoms with Crippen molar-refractivity contribution in [1.29, 1.82) is 5.41 Å². The molecule has 4 rings (SSSR count). The van der Waals surface area contributed by atoms with Gasteiger partial charge in [-0.3, -0.25) is 19.9 Å². The molecule has 4 N–H and O–H groups in total. The second-order valence-electron chi connectivity index (χ2n) is 8.98. The van der Waals surface area contributed by atoms with Crippen molar-refractivity contribution in [2.45, 2.75) is 13.8 Å². The number of rotatable bonds is 9. The van der Waals surface area contributed by atoms with Crippen LogP contribution in [-0.4, -0.2) is 67.2 Å². The number of aryl methyl sites for hydroxylation is 2. The lowest BCUT2D eigenvalue weighted by Gasteiger charge is -2.26. The molecule has 37 heavy (non-hydrogen) atoms. The summed E-state index contributed by atoms with van der Waals surface area (Å²) in [5.41, 5.74) is 10.4. The lowest BCUT2D eigenvalue weighted by Crippen LogP contribution is -2.38. The van der Waals surface area contributed by atoms with Crippen molar-refractivity contribution in [2.24, 2.45) is 0 Å². The molecule has 0 radical (unpaired) electrons. The number of carbonyl (C=O) groups is 2. The van der Waals surface area contributed by atoms with Crippen molar-refractivity contribution >= 4 is 29.4 Å². The SMILES string of the molecule is Cc1cc(OCCN2CCOCC2)cc(C(=O)Nc2ccc(C)c(-c3ccc(C(=N)C=O)c(N)n3)c2)c1. The number of nitrogen functional groups attached to an aromatic ring is 1. The Hall–Kier alpha value is -4.08. The number of pyridine rings is 1. The maximum absolute atomic E-state index is 13.1. The predicted molar refractivity (Wildman–Crippen MR) is 144 cm³/mol. The minimum atomic E-state index is -0.251. The molecule has 0 spiro atoms. The highest BCUT2D eigenvalue weighted by molar-refractivity contribution is 6.36. The Balaban J connectivity index is 1.47. The Morgan fingerprint density at radius 2 is 1.95 bits per heavy atom. The third-order valence-electron chi connectivity index (χ3n) is 6.20. The molecule has 2 heterocycles. The van der Waals surface area contributed by atoms with Gasteiger partial charge in [-0.2, -0.15) is 0 Å². The maximum atomic E-state index is 13.1. The molecule has 0 atom stereocenters. The number of aldehydes is 1. The Labute approximate surface area is 216 Å². The van der Waals surface area contributed by atoms with Crippen LogP contribution >= 0.6 is 0 Å². The van der Waals surface area contributed by atoms with Crippen molar-refractivity contribution in [3.63, 3.8) is 0 Å². The molecule has 1 aliphatic heterocycles. The van der Waals surface area contributed by atoms with Crippen molar-refractivity contribution in [3.8, 4) is 17.0 Å². The number of morpholine rings is 1. The topological polar surface area (TPSA) is 131 Å².